The van der Waals surface area contributed by atoms with Gasteiger partial charge in [0, 0.05) is 25.2 Å². The minimum Gasteiger partial charge on any atom is -0.494 e. The minimum absolute atomic E-state index is 0.139. The number of benzene rings is 2. The highest BCUT2D eigenvalue weighted by Gasteiger charge is 2.23. The third kappa shape index (κ3) is 6.05. The van der Waals surface area contributed by atoms with Gasteiger partial charge in [0.25, 0.3) is 5.91 Å². The molecule has 0 aromatic heterocycles. The molecule has 0 saturated carbocycles. The van der Waals surface area contributed by atoms with E-state index < -0.39 is 10.0 Å². The summed E-state index contributed by atoms with van der Waals surface area (Å²) in [7, 11) is -3.60. The van der Waals surface area contributed by atoms with Crippen LogP contribution in [-0.4, -0.2) is 44.9 Å². The molecule has 2 aromatic carbocycles. The van der Waals surface area contributed by atoms with E-state index in [-0.39, 0.29) is 10.8 Å². The summed E-state index contributed by atoms with van der Waals surface area (Å²) >= 11 is 0. The summed E-state index contributed by atoms with van der Waals surface area (Å²) in [6.07, 6.45) is 0.649. The van der Waals surface area contributed by atoms with Gasteiger partial charge in [-0.15, -0.1) is 0 Å². The van der Waals surface area contributed by atoms with Gasteiger partial charge < -0.3 is 10.1 Å². The fourth-order valence-corrected chi connectivity index (χ4v) is 4.47. The molecule has 0 aliphatic rings. The second-order valence-electron chi connectivity index (χ2n) is 6.84. The fraction of sp³-hybridized carbons (Fsp3) is 0.409. The Kier molecular flexibility index (Phi) is 8.22. The maximum atomic E-state index is 12.7. The lowest BCUT2D eigenvalue weighted by Gasteiger charge is -2.19. The molecule has 7 heteroatoms. The largest absolute Gasteiger partial charge is 0.494 e. The average molecular weight is 419 g/mol. The zero-order chi connectivity index (χ0) is 21.4. The smallest absolute Gasteiger partial charge is 0.251 e. The topological polar surface area (TPSA) is 75.7 Å². The molecular weight excluding hydrogens is 388 g/mol. The zero-order valence-electron chi connectivity index (χ0n) is 17.6. The lowest BCUT2D eigenvalue weighted by molar-refractivity contribution is 0.0950. The normalized spacial score (nSPS) is 11.5. The third-order valence-electron chi connectivity index (χ3n) is 4.66. The molecule has 0 aliphatic heterocycles. The molecule has 1 amide bonds. The summed E-state index contributed by atoms with van der Waals surface area (Å²) in [5.74, 6) is 0.524. The lowest BCUT2D eigenvalue weighted by Crippen LogP contribution is -2.31. The number of aryl methyl sites for hydroxylation is 2. The van der Waals surface area contributed by atoms with Crippen molar-refractivity contribution in [3.8, 4) is 5.75 Å². The van der Waals surface area contributed by atoms with Crippen molar-refractivity contribution in [3.05, 3.63) is 59.2 Å². The molecule has 2 aromatic rings. The number of sulfonamides is 1. The Morgan fingerprint density at radius 3 is 2.45 bits per heavy atom. The van der Waals surface area contributed by atoms with Gasteiger partial charge in [-0.05, 0) is 55.7 Å². The Morgan fingerprint density at radius 1 is 1.07 bits per heavy atom. The molecule has 2 rings (SSSR count). The van der Waals surface area contributed by atoms with Crippen LogP contribution in [0.15, 0.2) is 47.4 Å². The maximum absolute atomic E-state index is 12.7. The van der Waals surface area contributed by atoms with E-state index in [1.54, 1.807) is 32.9 Å². The summed E-state index contributed by atoms with van der Waals surface area (Å²) in [5, 5.41) is 2.85. The van der Waals surface area contributed by atoms with Crippen molar-refractivity contribution in [2.75, 3.05) is 26.2 Å². The second kappa shape index (κ2) is 10.4. The molecule has 0 fully saturated rings. The molecule has 0 saturated heterocycles. The van der Waals surface area contributed by atoms with Crippen molar-refractivity contribution in [1.29, 1.82) is 0 Å². The number of carbonyl (C=O) groups is 1. The first kappa shape index (κ1) is 22.9. The van der Waals surface area contributed by atoms with Crippen LogP contribution in [0.5, 0.6) is 5.75 Å². The van der Waals surface area contributed by atoms with E-state index >= 15 is 0 Å². The highest BCUT2D eigenvalue weighted by molar-refractivity contribution is 7.89. The molecule has 6 nitrogen and oxygen atoms in total. The van der Waals surface area contributed by atoms with Gasteiger partial charge in [0.1, 0.15) is 5.75 Å². The number of rotatable bonds is 10. The number of nitrogens with one attached hydrogen (secondary N) is 1. The van der Waals surface area contributed by atoms with Gasteiger partial charge in [-0.3, -0.25) is 4.79 Å². The molecule has 0 aliphatic carbocycles. The van der Waals surface area contributed by atoms with E-state index in [0.29, 0.717) is 38.2 Å². The SMILES string of the molecule is CCN(CC)S(=O)(=O)c1ccc(C)c(C(=O)NCCCOc2cccc(C)c2)c1. The van der Waals surface area contributed by atoms with E-state index in [9.17, 15) is 13.2 Å². The van der Waals surface area contributed by atoms with Gasteiger partial charge in [0.2, 0.25) is 10.0 Å². The van der Waals surface area contributed by atoms with Gasteiger partial charge in [0.15, 0.2) is 0 Å². The monoisotopic (exact) mass is 418 g/mol. The Labute approximate surface area is 173 Å². The number of hydrogen-bond acceptors (Lipinski definition) is 4. The Bertz CT molecular complexity index is 938. The van der Waals surface area contributed by atoms with Crippen LogP contribution in [0.2, 0.25) is 0 Å². The minimum atomic E-state index is -3.60. The van der Waals surface area contributed by atoms with Gasteiger partial charge in [-0.25, -0.2) is 8.42 Å². The van der Waals surface area contributed by atoms with E-state index in [4.69, 9.17) is 4.74 Å². The molecule has 0 heterocycles. The maximum Gasteiger partial charge on any atom is 0.251 e. The molecule has 0 unspecified atom stereocenters. The number of carbonyl (C=O) groups excluding carboxylic acids is 1. The van der Waals surface area contributed by atoms with Crippen LogP contribution in [-0.2, 0) is 10.0 Å². The van der Waals surface area contributed by atoms with Gasteiger partial charge in [0.05, 0.1) is 11.5 Å². The second-order valence-corrected chi connectivity index (χ2v) is 8.78. The third-order valence-corrected chi connectivity index (χ3v) is 6.71. The van der Waals surface area contributed by atoms with Crippen molar-refractivity contribution >= 4 is 15.9 Å². The zero-order valence-corrected chi connectivity index (χ0v) is 18.4. The summed E-state index contributed by atoms with van der Waals surface area (Å²) in [6.45, 7) is 9.08. The highest BCUT2D eigenvalue weighted by Crippen LogP contribution is 2.19. The van der Waals surface area contributed by atoms with Crippen molar-refractivity contribution < 1.29 is 17.9 Å². The standard InChI is InChI=1S/C22H30N2O4S/c1-5-24(6-2)29(26,27)20-12-11-18(4)21(16-20)22(25)23-13-8-14-28-19-10-7-9-17(3)15-19/h7,9-12,15-16H,5-6,8,13-14H2,1-4H3,(H,23,25). The van der Waals surface area contributed by atoms with Crippen LogP contribution in [0.25, 0.3) is 0 Å². The molecule has 0 bridgehead atoms. The summed E-state index contributed by atoms with van der Waals surface area (Å²) in [6, 6.07) is 12.5. The van der Waals surface area contributed by atoms with Crippen LogP contribution in [0.3, 0.4) is 0 Å². The van der Waals surface area contributed by atoms with Crippen LogP contribution in [0.4, 0.5) is 0 Å². The first-order valence-corrected chi connectivity index (χ1v) is 11.3. The highest BCUT2D eigenvalue weighted by atomic mass is 32.2. The molecule has 158 valence electrons. The molecule has 0 radical (unpaired) electrons. The predicted octanol–water partition coefficient (Wildman–Crippen LogP) is 3.53. The quantitative estimate of drug-likeness (QED) is 0.599. The number of hydrogen-bond donors (Lipinski definition) is 1. The molecule has 29 heavy (non-hydrogen) atoms. The predicted molar refractivity (Wildman–Crippen MR) is 115 cm³/mol. The Morgan fingerprint density at radius 2 is 1.79 bits per heavy atom. The Hall–Kier alpha value is -2.38. The summed E-state index contributed by atoms with van der Waals surface area (Å²) < 4.78 is 32.5. The molecule has 0 spiro atoms. The van der Waals surface area contributed by atoms with Crippen LogP contribution in [0.1, 0.15) is 41.8 Å². The van der Waals surface area contributed by atoms with E-state index in [0.717, 1.165) is 16.9 Å². The van der Waals surface area contributed by atoms with Crippen LogP contribution in [0, 0.1) is 13.8 Å². The van der Waals surface area contributed by atoms with Crippen molar-refractivity contribution in [2.24, 2.45) is 0 Å². The molecule has 1 N–H and O–H groups in total. The number of amides is 1. The summed E-state index contributed by atoms with van der Waals surface area (Å²) in [5.41, 5.74) is 2.24. The van der Waals surface area contributed by atoms with Crippen molar-refractivity contribution in [3.63, 3.8) is 0 Å². The van der Waals surface area contributed by atoms with Gasteiger partial charge >= 0.3 is 0 Å². The summed E-state index contributed by atoms with van der Waals surface area (Å²) in [4.78, 5) is 12.7. The van der Waals surface area contributed by atoms with Crippen LogP contribution >= 0.6 is 0 Å². The number of ether oxygens (including phenoxy) is 1. The van der Waals surface area contributed by atoms with E-state index in [1.165, 1.54) is 10.4 Å². The molecule has 0 atom stereocenters. The van der Waals surface area contributed by atoms with E-state index in [1.807, 2.05) is 31.2 Å². The van der Waals surface area contributed by atoms with Gasteiger partial charge in [-0.1, -0.05) is 32.0 Å². The van der Waals surface area contributed by atoms with Gasteiger partial charge in [-0.2, -0.15) is 4.31 Å². The van der Waals surface area contributed by atoms with E-state index in [2.05, 4.69) is 5.32 Å². The number of nitrogens with zero attached hydrogens (tertiary/aromatic N) is 1. The lowest BCUT2D eigenvalue weighted by atomic mass is 10.1. The first-order chi connectivity index (χ1) is 13.8. The van der Waals surface area contributed by atoms with Crippen LogP contribution < -0.4 is 10.1 Å². The first-order valence-electron chi connectivity index (χ1n) is 9.88. The average Bonchev–Trinajstić information content (AvgIpc) is 2.68. The Balaban J connectivity index is 1.96. The van der Waals surface area contributed by atoms with Crippen molar-refractivity contribution in [1.82, 2.24) is 9.62 Å². The van der Waals surface area contributed by atoms with Crippen molar-refractivity contribution in [2.45, 2.75) is 39.0 Å². The fourth-order valence-electron chi connectivity index (χ4n) is 2.98. The molecular formula is C22H30N2O4S.